The number of fused-ring (bicyclic) bond motifs is 2. The molecule has 5 N–H and O–H groups in total. The van der Waals surface area contributed by atoms with Crippen LogP contribution in [0.15, 0.2) is 41.3 Å². The van der Waals surface area contributed by atoms with Crippen molar-refractivity contribution in [1.29, 1.82) is 0 Å². The molecule has 3 heterocycles. The van der Waals surface area contributed by atoms with Gasteiger partial charge in [0.15, 0.2) is 24.3 Å². The molecule has 186 valence electrons. The number of aliphatic hydroxyl groups excluding tert-OH is 2. The first kappa shape index (κ1) is 24.3. The van der Waals surface area contributed by atoms with Gasteiger partial charge in [-0.15, -0.1) is 0 Å². The van der Waals surface area contributed by atoms with E-state index in [-0.39, 0.29) is 16.9 Å². The predicted octanol–water partition coefficient (Wildman–Crippen LogP) is -1.52. The van der Waals surface area contributed by atoms with Crippen LogP contribution < -0.4 is 16.9 Å². The van der Waals surface area contributed by atoms with E-state index in [1.807, 2.05) is 0 Å². The van der Waals surface area contributed by atoms with E-state index in [1.54, 1.807) is 12.1 Å². The second-order valence-corrected chi connectivity index (χ2v) is 7.83. The van der Waals surface area contributed by atoms with Crippen LogP contribution in [0.2, 0.25) is 0 Å². The van der Waals surface area contributed by atoms with Gasteiger partial charge in [-0.05, 0) is 19.1 Å². The van der Waals surface area contributed by atoms with Crippen molar-refractivity contribution in [3.05, 3.63) is 58.1 Å². The molecular formula is C21H22N4O10. The number of aromatic nitrogens is 2. The van der Waals surface area contributed by atoms with Gasteiger partial charge in [-0.1, -0.05) is 12.1 Å². The summed E-state index contributed by atoms with van der Waals surface area (Å²) in [6, 6.07) is 5.84. The number of nitrogens with two attached hydrogens (primary N) is 1. The van der Waals surface area contributed by atoms with Crippen LogP contribution in [0.3, 0.4) is 0 Å². The van der Waals surface area contributed by atoms with Crippen molar-refractivity contribution in [3.8, 4) is 0 Å². The van der Waals surface area contributed by atoms with Gasteiger partial charge in [-0.3, -0.25) is 4.57 Å². The minimum Gasteiger partial charge on any atom is -0.452 e. The largest absolute Gasteiger partial charge is 0.452 e. The summed E-state index contributed by atoms with van der Waals surface area (Å²) < 4.78 is 17.7. The highest BCUT2D eigenvalue weighted by molar-refractivity contribution is 6.03. The lowest BCUT2D eigenvalue weighted by Gasteiger charge is -2.27. The lowest BCUT2D eigenvalue weighted by Crippen LogP contribution is -2.44. The molecule has 0 amide bonds. The first-order valence-corrected chi connectivity index (χ1v) is 10.5. The number of nitrogens with zero attached hydrogens (tertiary/aromatic N) is 2. The van der Waals surface area contributed by atoms with E-state index in [0.717, 1.165) is 4.57 Å². The highest BCUT2D eigenvalue weighted by Gasteiger charge is 2.52. The average Bonchev–Trinajstić information content (AvgIpc) is 3.17. The van der Waals surface area contributed by atoms with Gasteiger partial charge in [0.2, 0.25) is 0 Å². The monoisotopic (exact) mass is 490 g/mol. The van der Waals surface area contributed by atoms with Crippen molar-refractivity contribution in [2.24, 2.45) is 5.73 Å². The SMILES string of the molecule is C[C@@H](O)C(N)C(=O)ONc1ccn([C@@H]2O[C@H](CO)[C@H]3OC(=O)c4ccccc4C(=O)O[C@H]32)c(=O)n1. The number of aliphatic hydroxyl groups is 2. The van der Waals surface area contributed by atoms with Crippen LogP contribution in [0.25, 0.3) is 0 Å². The predicted molar refractivity (Wildman–Crippen MR) is 114 cm³/mol. The van der Waals surface area contributed by atoms with Gasteiger partial charge in [0.25, 0.3) is 0 Å². The molecule has 1 fully saturated rings. The summed E-state index contributed by atoms with van der Waals surface area (Å²) in [5.41, 5.74) is 6.68. The minimum absolute atomic E-state index is 0.00444. The van der Waals surface area contributed by atoms with Gasteiger partial charge in [0.05, 0.1) is 23.8 Å². The van der Waals surface area contributed by atoms with Crippen LogP contribution in [0.4, 0.5) is 5.82 Å². The summed E-state index contributed by atoms with van der Waals surface area (Å²) >= 11 is 0. The number of esters is 2. The van der Waals surface area contributed by atoms with Gasteiger partial charge in [0.1, 0.15) is 12.1 Å². The maximum absolute atomic E-state index is 12.8. The lowest BCUT2D eigenvalue weighted by molar-refractivity contribution is -0.144. The first-order chi connectivity index (χ1) is 16.7. The fraction of sp³-hybridized carbons (Fsp3) is 0.381. The highest BCUT2D eigenvalue weighted by atomic mass is 16.7. The first-order valence-electron chi connectivity index (χ1n) is 10.5. The molecule has 0 radical (unpaired) electrons. The molecule has 2 aromatic rings. The Kier molecular flexibility index (Phi) is 6.79. The van der Waals surface area contributed by atoms with Gasteiger partial charge >= 0.3 is 23.6 Å². The quantitative estimate of drug-likeness (QED) is 0.207. The third kappa shape index (κ3) is 4.72. The Labute approximate surface area is 197 Å². The Bertz CT molecular complexity index is 1200. The van der Waals surface area contributed by atoms with E-state index >= 15 is 0 Å². The van der Waals surface area contributed by atoms with Crippen molar-refractivity contribution in [3.63, 3.8) is 0 Å². The molecule has 1 aromatic carbocycles. The van der Waals surface area contributed by atoms with E-state index in [0.29, 0.717) is 0 Å². The molecular weight excluding hydrogens is 468 g/mol. The van der Waals surface area contributed by atoms with Crippen molar-refractivity contribution < 1.29 is 43.6 Å². The summed E-state index contributed by atoms with van der Waals surface area (Å²) in [7, 11) is 0. The number of hydrogen-bond acceptors (Lipinski definition) is 13. The summed E-state index contributed by atoms with van der Waals surface area (Å²) in [5.74, 6) is -2.79. The third-order valence-corrected chi connectivity index (χ3v) is 5.47. The van der Waals surface area contributed by atoms with Crippen LogP contribution in [0, 0.1) is 0 Å². The summed E-state index contributed by atoms with van der Waals surface area (Å²) in [5, 5.41) is 19.1. The molecule has 2 aliphatic heterocycles. The number of anilines is 1. The Balaban J connectivity index is 1.58. The van der Waals surface area contributed by atoms with E-state index in [1.165, 1.54) is 31.3 Å². The molecule has 4 rings (SSSR count). The maximum Gasteiger partial charge on any atom is 0.351 e. The molecule has 14 nitrogen and oxygen atoms in total. The van der Waals surface area contributed by atoms with Crippen LogP contribution >= 0.6 is 0 Å². The number of benzene rings is 1. The van der Waals surface area contributed by atoms with Gasteiger partial charge < -0.3 is 35.0 Å². The zero-order valence-electron chi connectivity index (χ0n) is 18.3. The Morgan fingerprint density at radius 2 is 1.80 bits per heavy atom. The number of carbonyl (C=O) groups is 3. The number of rotatable bonds is 6. The molecule has 0 spiro atoms. The average molecular weight is 490 g/mol. The van der Waals surface area contributed by atoms with Crippen LogP contribution in [0.5, 0.6) is 0 Å². The molecule has 14 heteroatoms. The van der Waals surface area contributed by atoms with E-state index in [4.69, 9.17) is 24.8 Å². The molecule has 2 aliphatic rings. The molecule has 6 atom stereocenters. The van der Waals surface area contributed by atoms with Crippen molar-refractivity contribution >= 4 is 23.7 Å². The number of carbonyl (C=O) groups excluding carboxylic acids is 3. The molecule has 35 heavy (non-hydrogen) atoms. The van der Waals surface area contributed by atoms with Crippen LogP contribution in [-0.4, -0.2) is 74.7 Å². The Morgan fingerprint density at radius 1 is 1.17 bits per heavy atom. The minimum atomic E-state index is -1.32. The van der Waals surface area contributed by atoms with Gasteiger partial charge in [-0.25, -0.2) is 24.7 Å². The van der Waals surface area contributed by atoms with Crippen molar-refractivity contribution in [2.45, 2.75) is 43.6 Å². The molecule has 1 saturated heterocycles. The van der Waals surface area contributed by atoms with E-state index in [2.05, 4.69) is 10.5 Å². The Hall–Kier alpha value is -3.85. The molecule has 0 bridgehead atoms. The fourth-order valence-corrected chi connectivity index (χ4v) is 3.59. The summed E-state index contributed by atoms with van der Waals surface area (Å²) in [4.78, 5) is 58.3. The number of nitrogens with one attached hydrogen (secondary N) is 1. The normalized spacial score (nSPS) is 25.1. The molecule has 0 saturated carbocycles. The lowest BCUT2D eigenvalue weighted by atomic mass is 10.0. The van der Waals surface area contributed by atoms with E-state index < -0.39 is 66.9 Å². The zero-order valence-corrected chi connectivity index (χ0v) is 18.3. The number of ether oxygens (including phenoxy) is 3. The summed E-state index contributed by atoms with van der Waals surface area (Å²) in [6.07, 6.45) is -4.83. The van der Waals surface area contributed by atoms with E-state index in [9.17, 15) is 29.4 Å². The topological polar surface area (TPSA) is 202 Å². The standard InChI is InChI=1S/C21H22N4O10/c1-9(27)14(22)20(30)35-24-13-6-7-25(21(31)23-13)17-16-15(12(8-26)32-17)33-18(28)10-4-2-3-5-11(10)19(29)34-16/h2-7,9,12,14-17,26-27H,8,22H2,1H3,(H,23,24,31)/t9-,12-,14?,15-,16-,17-/m1/s1. The molecule has 1 unspecified atom stereocenters. The summed E-state index contributed by atoms with van der Waals surface area (Å²) in [6.45, 7) is 0.712. The van der Waals surface area contributed by atoms with Crippen molar-refractivity contribution in [2.75, 3.05) is 12.1 Å². The second-order valence-electron chi connectivity index (χ2n) is 7.83. The maximum atomic E-state index is 12.8. The molecule has 1 aromatic heterocycles. The van der Waals surface area contributed by atoms with Crippen molar-refractivity contribution in [1.82, 2.24) is 9.55 Å². The van der Waals surface area contributed by atoms with Crippen LogP contribution in [0.1, 0.15) is 33.9 Å². The highest BCUT2D eigenvalue weighted by Crippen LogP contribution is 2.35. The van der Waals surface area contributed by atoms with Gasteiger partial charge in [0, 0.05) is 12.3 Å². The van der Waals surface area contributed by atoms with Gasteiger partial charge in [-0.2, -0.15) is 4.98 Å². The Morgan fingerprint density at radius 3 is 2.37 bits per heavy atom. The smallest absolute Gasteiger partial charge is 0.351 e. The second kappa shape index (κ2) is 9.79. The zero-order chi connectivity index (χ0) is 25.3. The fourth-order valence-electron chi connectivity index (χ4n) is 3.59. The third-order valence-electron chi connectivity index (χ3n) is 5.47. The molecule has 0 aliphatic carbocycles. The number of hydrogen-bond donors (Lipinski definition) is 4. The van der Waals surface area contributed by atoms with Crippen LogP contribution in [-0.2, 0) is 23.8 Å².